The average Bonchev–Trinajstić information content (AvgIpc) is 3.35. The van der Waals surface area contributed by atoms with E-state index in [0.29, 0.717) is 35.9 Å². The van der Waals surface area contributed by atoms with Crippen molar-refractivity contribution >= 4 is 5.91 Å². The summed E-state index contributed by atoms with van der Waals surface area (Å²) in [4.78, 5) is 23.1. The monoisotopic (exact) mass is 359 g/mol. The molecule has 1 amide bonds. The number of likely N-dealkylation sites (tertiary alicyclic amines) is 1. The van der Waals surface area contributed by atoms with Crippen LogP contribution in [0.3, 0.4) is 0 Å². The van der Waals surface area contributed by atoms with Crippen LogP contribution in [0.2, 0.25) is 0 Å². The van der Waals surface area contributed by atoms with Gasteiger partial charge in [-0.3, -0.25) is 9.78 Å². The largest absolute Gasteiger partial charge is 0.339 e. The summed E-state index contributed by atoms with van der Waals surface area (Å²) in [6.45, 7) is 3.22. The van der Waals surface area contributed by atoms with Gasteiger partial charge in [0.15, 0.2) is 0 Å². The fraction of sp³-hybridized carbons (Fsp3) is 0.250. The lowest BCUT2D eigenvalue weighted by Crippen LogP contribution is -2.28. The van der Waals surface area contributed by atoms with Crippen LogP contribution in [0.4, 0.5) is 0 Å². The molecule has 0 saturated carbocycles. The Morgan fingerprint density at radius 1 is 1.19 bits per heavy atom. The molecule has 3 aromatic rings. The van der Waals surface area contributed by atoms with Crippen molar-refractivity contribution in [3.8, 4) is 17.5 Å². The van der Waals surface area contributed by atoms with Gasteiger partial charge in [0.1, 0.15) is 0 Å². The van der Waals surface area contributed by atoms with E-state index in [1.54, 1.807) is 41.6 Å². The van der Waals surface area contributed by atoms with Crippen LogP contribution in [-0.2, 0) is 0 Å². The Labute approximate surface area is 156 Å². The molecule has 2 atom stereocenters. The molecule has 0 aliphatic carbocycles. The number of amides is 1. The Hall–Kier alpha value is -3.53. The van der Waals surface area contributed by atoms with Gasteiger partial charge in [0.25, 0.3) is 5.91 Å². The van der Waals surface area contributed by atoms with Gasteiger partial charge in [-0.25, -0.2) is 0 Å². The van der Waals surface area contributed by atoms with Gasteiger partial charge in [0, 0.05) is 36.6 Å². The van der Waals surface area contributed by atoms with Crippen LogP contribution >= 0.6 is 0 Å². The first kappa shape index (κ1) is 16.9. The van der Waals surface area contributed by atoms with Gasteiger partial charge in [-0.05, 0) is 42.3 Å². The third kappa shape index (κ3) is 3.29. The van der Waals surface area contributed by atoms with E-state index in [0.717, 1.165) is 5.56 Å². The van der Waals surface area contributed by atoms with Crippen molar-refractivity contribution in [3.05, 3.63) is 65.8 Å². The number of nitrogens with zero attached hydrogens (tertiary/aromatic N) is 5. The maximum atomic E-state index is 12.8. The maximum Gasteiger partial charge on any atom is 0.253 e. The van der Waals surface area contributed by atoms with Crippen molar-refractivity contribution in [2.75, 3.05) is 13.1 Å². The van der Waals surface area contributed by atoms with Crippen molar-refractivity contribution in [2.24, 2.45) is 5.92 Å². The van der Waals surface area contributed by atoms with Gasteiger partial charge >= 0.3 is 0 Å². The molecule has 27 heavy (non-hydrogen) atoms. The summed E-state index contributed by atoms with van der Waals surface area (Å²) in [5, 5.41) is 13.0. The molecule has 0 radical (unpaired) electrons. The molecule has 2 aromatic heterocycles. The van der Waals surface area contributed by atoms with Crippen LogP contribution in [0, 0.1) is 17.2 Å². The van der Waals surface area contributed by atoms with Crippen molar-refractivity contribution in [2.45, 2.75) is 12.8 Å². The number of nitriles is 1. The molecule has 2 unspecified atom stereocenters. The van der Waals surface area contributed by atoms with Crippen LogP contribution in [-0.4, -0.2) is 39.0 Å². The zero-order valence-electron chi connectivity index (χ0n) is 14.7. The first-order chi connectivity index (χ1) is 13.2. The topological polar surface area (TPSA) is 95.9 Å². The first-order valence-electron chi connectivity index (χ1n) is 8.69. The van der Waals surface area contributed by atoms with Gasteiger partial charge in [-0.1, -0.05) is 12.1 Å². The minimum Gasteiger partial charge on any atom is -0.339 e. The predicted molar refractivity (Wildman–Crippen MR) is 96.5 cm³/mol. The number of rotatable bonds is 3. The van der Waals surface area contributed by atoms with Crippen molar-refractivity contribution < 1.29 is 9.32 Å². The SMILES string of the molecule is CC1CN(C(=O)c2ccc(C#N)cc2)CC1c1nc(-c2ccncc2)no1. The van der Waals surface area contributed by atoms with Crippen molar-refractivity contribution in [3.63, 3.8) is 0 Å². The van der Waals surface area contributed by atoms with Gasteiger partial charge in [-0.15, -0.1) is 0 Å². The Morgan fingerprint density at radius 3 is 2.63 bits per heavy atom. The highest BCUT2D eigenvalue weighted by Crippen LogP contribution is 2.33. The molecule has 1 fully saturated rings. The van der Waals surface area contributed by atoms with Crippen molar-refractivity contribution in [1.82, 2.24) is 20.0 Å². The van der Waals surface area contributed by atoms with Crippen LogP contribution in [0.25, 0.3) is 11.4 Å². The minimum absolute atomic E-state index is 0.00424. The van der Waals surface area contributed by atoms with Gasteiger partial charge < -0.3 is 9.42 Å². The number of carbonyl (C=O) groups excluding carboxylic acids is 1. The van der Waals surface area contributed by atoms with Gasteiger partial charge in [0.2, 0.25) is 11.7 Å². The van der Waals surface area contributed by atoms with Crippen LogP contribution < -0.4 is 0 Å². The third-order valence-corrected chi connectivity index (χ3v) is 4.86. The summed E-state index contributed by atoms with van der Waals surface area (Å²) in [5.74, 6) is 1.22. The van der Waals surface area contributed by atoms with Crippen LogP contribution in [0.15, 0.2) is 53.3 Å². The molecule has 1 aliphatic rings. The molecule has 4 rings (SSSR count). The second-order valence-corrected chi connectivity index (χ2v) is 6.68. The smallest absolute Gasteiger partial charge is 0.253 e. The molecular formula is C20H17N5O2. The molecule has 0 bridgehead atoms. The highest BCUT2D eigenvalue weighted by molar-refractivity contribution is 5.94. The predicted octanol–water partition coefficient (Wildman–Crippen LogP) is 2.88. The van der Waals surface area contributed by atoms with E-state index < -0.39 is 0 Å². The normalized spacial score (nSPS) is 19.0. The minimum atomic E-state index is -0.0530. The highest BCUT2D eigenvalue weighted by atomic mass is 16.5. The lowest BCUT2D eigenvalue weighted by molar-refractivity contribution is 0.0786. The molecule has 1 aliphatic heterocycles. The van der Waals surface area contributed by atoms with E-state index in [4.69, 9.17) is 9.78 Å². The van der Waals surface area contributed by atoms with Gasteiger partial charge in [-0.2, -0.15) is 10.2 Å². The zero-order valence-corrected chi connectivity index (χ0v) is 14.7. The lowest BCUT2D eigenvalue weighted by atomic mass is 9.98. The summed E-state index contributed by atoms with van der Waals surface area (Å²) < 4.78 is 5.48. The standard InChI is InChI=1S/C20H17N5O2/c1-13-11-25(20(26)16-4-2-14(10-21)3-5-16)12-17(13)19-23-18(24-27-19)15-6-8-22-9-7-15/h2-9,13,17H,11-12H2,1H3. The lowest BCUT2D eigenvalue weighted by Gasteiger charge is -2.15. The second kappa shape index (κ2) is 7.00. The number of benzene rings is 1. The zero-order chi connectivity index (χ0) is 18.8. The molecule has 0 spiro atoms. The maximum absolute atomic E-state index is 12.8. The Balaban J connectivity index is 1.51. The van der Waals surface area contributed by atoms with Crippen LogP contribution in [0.1, 0.15) is 34.7 Å². The van der Waals surface area contributed by atoms with Crippen molar-refractivity contribution in [1.29, 1.82) is 5.26 Å². The summed E-state index contributed by atoms with van der Waals surface area (Å²) >= 11 is 0. The van der Waals surface area contributed by atoms with E-state index >= 15 is 0 Å². The summed E-state index contributed by atoms with van der Waals surface area (Å²) in [5.41, 5.74) is 1.95. The molecule has 7 nitrogen and oxygen atoms in total. The number of carbonyl (C=O) groups is 1. The van der Waals surface area contributed by atoms with E-state index in [1.807, 2.05) is 12.1 Å². The van der Waals surface area contributed by atoms with E-state index in [-0.39, 0.29) is 17.7 Å². The van der Waals surface area contributed by atoms with E-state index in [1.165, 1.54) is 0 Å². The second-order valence-electron chi connectivity index (χ2n) is 6.68. The number of pyridine rings is 1. The molecular weight excluding hydrogens is 342 g/mol. The summed E-state index contributed by atoms with van der Waals surface area (Å²) in [6, 6.07) is 12.4. The van der Waals surface area contributed by atoms with E-state index in [9.17, 15) is 4.79 Å². The van der Waals surface area contributed by atoms with Crippen LogP contribution in [0.5, 0.6) is 0 Å². The molecule has 3 heterocycles. The number of hydrogen-bond donors (Lipinski definition) is 0. The summed E-state index contributed by atoms with van der Waals surface area (Å²) in [7, 11) is 0. The molecule has 1 saturated heterocycles. The molecule has 134 valence electrons. The number of hydrogen-bond acceptors (Lipinski definition) is 6. The summed E-state index contributed by atoms with van der Waals surface area (Å²) in [6.07, 6.45) is 3.36. The Morgan fingerprint density at radius 2 is 1.93 bits per heavy atom. The first-order valence-corrected chi connectivity index (χ1v) is 8.69. The van der Waals surface area contributed by atoms with E-state index in [2.05, 4.69) is 28.1 Å². The molecule has 1 aromatic carbocycles. The quantitative estimate of drug-likeness (QED) is 0.713. The van der Waals surface area contributed by atoms with Gasteiger partial charge in [0.05, 0.1) is 17.6 Å². The highest BCUT2D eigenvalue weighted by Gasteiger charge is 2.37. The Kier molecular flexibility index (Phi) is 4.38. The fourth-order valence-electron chi connectivity index (χ4n) is 3.33. The molecule has 7 heteroatoms. The Bertz CT molecular complexity index is 991. The average molecular weight is 359 g/mol. The molecule has 0 N–H and O–H groups in total. The third-order valence-electron chi connectivity index (χ3n) is 4.86. The number of aromatic nitrogens is 3. The fourth-order valence-corrected chi connectivity index (χ4v) is 3.33.